The lowest BCUT2D eigenvalue weighted by Crippen LogP contribution is -2.45. The van der Waals surface area contributed by atoms with E-state index in [0.29, 0.717) is 12.1 Å². The molecule has 3 unspecified atom stereocenters. The van der Waals surface area contributed by atoms with E-state index in [0.717, 1.165) is 12.5 Å². The molecule has 0 heterocycles. The summed E-state index contributed by atoms with van der Waals surface area (Å²) in [7, 11) is 0. The topological polar surface area (TPSA) is 38.0 Å². The van der Waals surface area contributed by atoms with Crippen LogP contribution in [0.25, 0.3) is 0 Å². The number of hydrogen-bond acceptors (Lipinski definition) is 2. The van der Waals surface area contributed by atoms with Crippen LogP contribution < -0.4 is 11.1 Å². The molecule has 1 aliphatic carbocycles. The van der Waals surface area contributed by atoms with Crippen molar-refractivity contribution < 1.29 is 0 Å². The summed E-state index contributed by atoms with van der Waals surface area (Å²) >= 11 is 0. The summed E-state index contributed by atoms with van der Waals surface area (Å²) in [6.45, 7) is 5.48. The Morgan fingerprint density at radius 2 is 1.94 bits per heavy atom. The predicted molar refractivity (Wildman–Crippen MR) is 76.2 cm³/mol. The van der Waals surface area contributed by atoms with Crippen molar-refractivity contribution in [1.29, 1.82) is 0 Å². The fraction of sp³-hybridized carbons (Fsp3) is 1.00. The van der Waals surface area contributed by atoms with Crippen molar-refractivity contribution in [2.75, 3.05) is 6.54 Å². The monoisotopic (exact) mass is 240 g/mol. The lowest BCUT2D eigenvalue weighted by molar-refractivity contribution is 0.246. The van der Waals surface area contributed by atoms with Crippen molar-refractivity contribution in [2.45, 2.75) is 83.7 Å². The number of nitrogens with two attached hydrogens (primary N) is 1. The molecule has 0 radical (unpaired) electrons. The van der Waals surface area contributed by atoms with Gasteiger partial charge in [-0.05, 0) is 38.6 Å². The first kappa shape index (κ1) is 15.0. The van der Waals surface area contributed by atoms with Crippen LogP contribution in [-0.4, -0.2) is 18.6 Å². The van der Waals surface area contributed by atoms with Crippen LogP contribution in [0.1, 0.15) is 71.6 Å². The molecule has 3 N–H and O–H groups in total. The highest BCUT2D eigenvalue weighted by atomic mass is 15.0. The standard InChI is InChI=1S/C15H32N2/c1-3-4-5-6-9-13(2)17-15-11-8-7-10-14(15)12-16/h13-15,17H,3-12,16H2,1-2H3. The Bertz CT molecular complexity index is 182. The van der Waals surface area contributed by atoms with Gasteiger partial charge in [-0.1, -0.05) is 45.4 Å². The first-order chi connectivity index (χ1) is 8.27. The molecule has 0 aromatic rings. The van der Waals surface area contributed by atoms with Crippen LogP contribution in [0.15, 0.2) is 0 Å². The molecule has 0 amide bonds. The molecule has 0 bridgehead atoms. The van der Waals surface area contributed by atoms with Gasteiger partial charge in [0.15, 0.2) is 0 Å². The highest BCUT2D eigenvalue weighted by Crippen LogP contribution is 2.24. The zero-order valence-electron chi connectivity index (χ0n) is 11.9. The lowest BCUT2D eigenvalue weighted by Gasteiger charge is -2.33. The zero-order valence-corrected chi connectivity index (χ0v) is 11.9. The Kier molecular flexibility index (Phi) is 7.87. The van der Waals surface area contributed by atoms with Crippen LogP contribution in [0.4, 0.5) is 0 Å². The van der Waals surface area contributed by atoms with Crippen molar-refractivity contribution in [2.24, 2.45) is 11.7 Å². The zero-order chi connectivity index (χ0) is 12.5. The minimum absolute atomic E-state index is 0.670. The van der Waals surface area contributed by atoms with E-state index >= 15 is 0 Å². The normalized spacial score (nSPS) is 27.0. The summed E-state index contributed by atoms with van der Waals surface area (Å²) in [5.74, 6) is 0.724. The lowest BCUT2D eigenvalue weighted by atomic mass is 9.84. The largest absolute Gasteiger partial charge is 0.330 e. The van der Waals surface area contributed by atoms with Crippen molar-refractivity contribution >= 4 is 0 Å². The maximum atomic E-state index is 5.87. The highest BCUT2D eigenvalue weighted by Gasteiger charge is 2.24. The molecule has 0 spiro atoms. The molecule has 0 saturated heterocycles. The molecular weight excluding hydrogens is 208 g/mol. The van der Waals surface area contributed by atoms with Crippen LogP contribution in [-0.2, 0) is 0 Å². The van der Waals surface area contributed by atoms with Gasteiger partial charge in [-0.15, -0.1) is 0 Å². The van der Waals surface area contributed by atoms with Gasteiger partial charge in [-0.3, -0.25) is 0 Å². The second-order valence-corrected chi connectivity index (χ2v) is 5.80. The van der Waals surface area contributed by atoms with Gasteiger partial charge >= 0.3 is 0 Å². The molecule has 1 fully saturated rings. The molecule has 1 rings (SSSR count). The number of unbranched alkanes of at least 4 members (excludes halogenated alkanes) is 3. The summed E-state index contributed by atoms with van der Waals surface area (Å²) < 4.78 is 0. The fourth-order valence-electron chi connectivity index (χ4n) is 3.04. The Morgan fingerprint density at radius 1 is 1.18 bits per heavy atom. The molecule has 0 aromatic heterocycles. The van der Waals surface area contributed by atoms with Gasteiger partial charge in [-0.25, -0.2) is 0 Å². The van der Waals surface area contributed by atoms with E-state index in [4.69, 9.17) is 5.73 Å². The van der Waals surface area contributed by atoms with E-state index in [1.807, 2.05) is 0 Å². The highest BCUT2D eigenvalue weighted by molar-refractivity contribution is 4.83. The van der Waals surface area contributed by atoms with E-state index in [-0.39, 0.29) is 0 Å². The summed E-state index contributed by atoms with van der Waals surface area (Å²) in [4.78, 5) is 0. The van der Waals surface area contributed by atoms with Crippen LogP contribution in [0.3, 0.4) is 0 Å². The van der Waals surface area contributed by atoms with E-state index in [1.54, 1.807) is 0 Å². The third-order valence-corrected chi connectivity index (χ3v) is 4.20. The van der Waals surface area contributed by atoms with E-state index in [9.17, 15) is 0 Å². The van der Waals surface area contributed by atoms with Crippen LogP contribution in [0.2, 0.25) is 0 Å². The SMILES string of the molecule is CCCCCCC(C)NC1CCCCC1CN. The van der Waals surface area contributed by atoms with Gasteiger partial charge in [0.2, 0.25) is 0 Å². The van der Waals surface area contributed by atoms with Gasteiger partial charge in [0.05, 0.1) is 0 Å². The Hall–Kier alpha value is -0.0800. The Morgan fingerprint density at radius 3 is 2.65 bits per heavy atom. The van der Waals surface area contributed by atoms with Crippen molar-refractivity contribution in [3.8, 4) is 0 Å². The molecular formula is C15H32N2. The molecule has 17 heavy (non-hydrogen) atoms. The minimum atomic E-state index is 0.670. The quantitative estimate of drug-likeness (QED) is 0.638. The molecule has 2 nitrogen and oxygen atoms in total. The molecule has 0 aliphatic heterocycles. The second-order valence-electron chi connectivity index (χ2n) is 5.80. The number of nitrogens with one attached hydrogen (secondary N) is 1. The van der Waals surface area contributed by atoms with Gasteiger partial charge < -0.3 is 11.1 Å². The van der Waals surface area contributed by atoms with Crippen LogP contribution in [0.5, 0.6) is 0 Å². The van der Waals surface area contributed by atoms with E-state index in [2.05, 4.69) is 19.2 Å². The smallest absolute Gasteiger partial charge is 0.0110 e. The molecule has 0 aromatic carbocycles. The van der Waals surface area contributed by atoms with Crippen molar-refractivity contribution in [3.05, 3.63) is 0 Å². The average molecular weight is 240 g/mol. The summed E-state index contributed by atoms with van der Waals surface area (Å²) in [5, 5.41) is 3.82. The number of hydrogen-bond donors (Lipinski definition) is 2. The fourth-order valence-corrected chi connectivity index (χ4v) is 3.04. The molecule has 1 aliphatic rings. The van der Waals surface area contributed by atoms with Gasteiger partial charge in [0.25, 0.3) is 0 Å². The minimum Gasteiger partial charge on any atom is -0.330 e. The Labute approximate surface area is 108 Å². The third kappa shape index (κ3) is 5.87. The first-order valence-corrected chi connectivity index (χ1v) is 7.74. The summed E-state index contributed by atoms with van der Waals surface area (Å²) in [6.07, 6.45) is 12.3. The first-order valence-electron chi connectivity index (χ1n) is 7.74. The molecule has 3 atom stereocenters. The Balaban J connectivity index is 2.16. The van der Waals surface area contributed by atoms with Crippen LogP contribution in [0, 0.1) is 5.92 Å². The van der Waals surface area contributed by atoms with Crippen molar-refractivity contribution in [3.63, 3.8) is 0 Å². The third-order valence-electron chi connectivity index (χ3n) is 4.20. The maximum absolute atomic E-state index is 5.87. The second kappa shape index (κ2) is 8.93. The van der Waals surface area contributed by atoms with E-state index in [1.165, 1.54) is 57.8 Å². The number of rotatable bonds is 8. The maximum Gasteiger partial charge on any atom is 0.0110 e. The van der Waals surface area contributed by atoms with Crippen LogP contribution >= 0.6 is 0 Å². The van der Waals surface area contributed by atoms with E-state index < -0.39 is 0 Å². The van der Waals surface area contributed by atoms with Gasteiger partial charge in [0, 0.05) is 12.1 Å². The van der Waals surface area contributed by atoms with Gasteiger partial charge in [0.1, 0.15) is 0 Å². The van der Waals surface area contributed by atoms with Gasteiger partial charge in [-0.2, -0.15) is 0 Å². The summed E-state index contributed by atoms with van der Waals surface area (Å²) in [5.41, 5.74) is 5.87. The predicted octanol–water partition coefficient (Wildman–Crippen LogP) is 3.45. The van der Waals surface area contributed by atoms with Crippen molar-refractivity contribution in [1.82, 2.24) is 5.32 Å². The average Bonchev–Trinajstić information content (AvgIpc) is 2.35. The molecule has 1 saturated carbocycles. The molecule has 102 valence electrons. The summed E-state index contributed by atoms with van der Waals surface area (Å²) in [6, 6.07) is 1.36. The molecule has 2 heteroatoms.